The summed E-state index contributed by atoms with van der Waals surface area (Å²) in [5.41, 5.74) is 3.40. The van der Waals surface area contributed by atoms with Crippen LogP contribution < -0.4 is 5.32 Å². The lowest BCUT2D eigenvalue weighted by molar-refractivity contribution is 0.0932. The highest BCUT2D eigenvalue weighted by molar-refractivity contribution is 5.96. The Morgan fingerprint density at radius 3 is 2.39 bits per heavy atom. The van der Waals surface area contributed by atoms with Gasteiger partial charge in [-0.15, -0.1) is 0 Å². The van der Waals surface area contributed by atoms with Gasteiger partial charge in [0.2, 0.25) is 0 Å². The van der Waals surface area contributed by atoms with E-state index in [1.54, 1.807) is 0 Å². The lowest BCUT2D eigenvalue weighted by Crippen LogP contribution is -2.35. The maximum atomic E-state index is 12.7. The van der Waals surface area contributed by atoms with Crippen LogP contribution in [0.5, 0.6) is 0 Å². The van der Waals surface area contributed by atoms with E-state index < -0.39 is 0 Å². The van der Waals surface area contributed by atoms with Crippen molar-refractivity contribution in [2.75, 3.05) is 0 Å². The van der Waals surface area contributed by atoms with Crippen LogP contribution in [0.4, 0.5) is 0 Å². The molecule has 0 radical (unpaired) electrons. The van der Waals surface area contributed by atoms with Gasteiger partial charge >= 0.3 is 0 Å². The number of carbonyl (C=O) groups excluding carboxylic acids is 1. The summed E-state index contributed by atoms with van der Waals surface area (Å²) >= 11 is 0. The Hall–Kier alpha value is -2.10. The molecule has 1 fully saturated rings. The first kappa shape index (κ1) is 15.8. The van der Waals surface area contributed by atoms with E-state index in [2.05, 4.69) is 10.4 Å². The van der Waals surface area contributed by atoms with Gasteiger partial charge in [-0.05, 0) is 38.8 Å². The van der Waals surface area contributed by atoms with Crippen LogP contribution in [0, 0.1) is 13.8 Å². The van der Waals surface area contributed by atoms with Gasteiger partial charge in [-0.2, -0.15) is 5.10 Å². The van der Waals surface area contributed by atoms with E-state index in [0.29, 0.717) is 6.04 Å². The van der Waals surface area contributed by atoms with Gasteiger partial charge in [0, 0.05) is 6.04 Å². The quantitative estimate of drug-likeness (QED) is 0.873. The Morgan fingerprint density at radius 1 is 1.09 bits per heavy atom. The Bertz CT molecular complexity index is 667. The molecule has 0 atom stereocenters. The lowest BCUT2D eigenvalue weighted by Gasteiger charge is -2.16. The van der Waals surface area contributed by atoms with Gasteiger partial charge in [0.25, 0.3) is 5.91 Å². The van der Waals surface area contributed by atoms with Crippen molar-refractivity contribution >= 4 is 5.91 Å². The summed E-state index contributed by atoms with van der Waals surface area (Å²) < 4.78 is 1.86. The van der Waals surface area contributed by atoms with Gasteiger partial charge in [0.05, 0.1) is 22.6 Å². The summed E-state index contributed by atoms with van der Waals surface area (Å²) in [4.78, 5) is 12.7. The summed E-state index contributed by atoms with van der Waals surface area (Å²) in [6.07, 6.45) is 7.19. The molecular formula is C19H25N3O. The minimum atomic E-state index is 0.0223. The molecular weight excluding hydrogens is 286 g/mol. The van der Waals surface area contributed by atoms with Crippen molar-refractivity contribution in [3.8, 4) is 5.69 Å². The Labute approximate surface area is 137 Å². The molecule has 0 aliphatic heterocycles. The molecule has 4 nitrogen and oxygen atoms in total. The molecule has 1 saturated carbocycles. The molecule has 122 valence electrons. The number of carbonyl (C=O) groups is 1. The van der Waals surface area contributed by atoms with E-state index >= 15 is 0 Å². The number of para-hydroxylation sites is 1. The molecule has 1 aliphatic carbocycles. The molecule has 1 heterocycles. The molecule has 0 bridgehead atoms. The molecule has 1 amide bonds. The molecule has 1 N–H and O–H groups in total. The van der Waals surface area contributed by atoms with Crippen LogP contribution in [0.25, 0.3) is 5.69 Å². The van der Waals surface area contributed by atoms with Crippen LogP contribution in [0.2, 0.25) is 0 Å². The normalized spacial score (nSPS) is 16.1. The number of aryl methyl sites for hydroxylation is 1. The smallest absolute Gasteiger partial charge is 0.255 e. The zero-order chi connectivity index (χ0) is 16.2. The van der Waals surface area contributed by atoms with Crippen LogP contribution in [-0.2, 0) is 0 Å². The van der Waals surface area contributed by atoms with Gasteiger partial charge < -0.3 is 5.32 Å². The van der Waals surface area contributed by atoms with Gasteiger partial charge in [-0.3, -0.25) is 4.79 Å². The molecule has 0 unspecified atom stereocenters. The molecule has 23 heavy (non-hydrogen) atoms. The van der Waals surface area contributed by atoms with E-state index in [-0.39, 0.29) is 5.91 Å². The summed E-state index contributed by atoms with van der Waals surface area (Å²) in [5.74, 6) is 0.0223. The molecule has 0 saturated heterocycles. The third-order valence-electron chi connectivity index (χ3n) is 4.71. The maximum absolute atomic E-state index is 12.7. The molecule has 2 aromatic rings. The molecule has 4 heteroatoms. The molecule has 3 rings (SSSR count). The minimum Gasteiger partial charge on any atom is -0.349 e. The first-order chi connectivity index (χ1) is 11.2. The maximum Gasteiger partial charge on any atom is 0.255 e. The van der Waals surface area contributed by atoms with Crippen molar-refractivity contribution in [1.82, 2.24) is 15.1 Å². The summed E-state index contributed by atoms with van der Waals surface area (Å²) in [5, 5.41) is 7.80. The largest absolute Gasteiger partial charge is 0.349 e. The average molecular weight is 311 g/mol. The van der Waals surface area contributed by atoms with Crippen LogP contribution >= 0.6 is 0 Å². The number of hydrogen-bond acceptors (Lipinski definition) is 2. The second-order valence-electron chi connectivity index (χ2n) is 6.46. The molecule has 0 spiro atoms. The summed E-state index contributed by atoms with van der Waals surface area (Å²) in [6, 6.07) is 10.3. The van der Waals surface area contributed by atoms with E-state index in [0.717, 1.165) is 35.5 Å². The fourth-order valence-electron chi connectivity index (χ4n) is 3.47. The number of amides is 1. The van der Waals surface area contributed by atoms with E-state index in [9.17, 15) is 4.79 Å². The highest BCUT2D eigenvalue weighted by atomic mass is 16.1. The Kier molecular flexibility index (Phi) is 4.79. The van der Waals surface area contributed by atoms with E-state index in [1.807, 2.05) is 48.9 Å². The predicted octanol–water partition coefficient (Wildman–Crippen LogP) is 3.94. The fraction of sp³-hybridized carbons (Fsp3) is 0.474. The van der Waals surface area contributed by atoms with Gasteiger partial charge in [0.15, 0.2) is 0 Å². The highest BCUT2D eigenvalue weighted by Gasteiger charge is 2.22. The molecule has 1 aromatic heterocycles. The van der Waals surface area contributed by atoms with E-state index in [1.165, 1.54) is 25.7 Å². The molecule has 1 aromatic carbocycles. The third kappa shape index (κ3) is 3.46. The Balaban J connectivity index is 1.82. The summed E-state index contributed by atoms with van der Waals surface area (Å²) in [7, 11) is 0. The first-order valence-electron chi connectivity index (χ1n) is 8.59. The number of aromatic nitrogens is 2. The zero-order valence-corrected chi connectivity index (χ0v) is 14.0. The summed E-state index contributed by atoms with van der Waals surface area (Å²) in [6.45, 7) is 3.88. The van der Waals surface area contributed by atoms with Crippen molar-refractivity contribution in [1.29, 1.82) is 0 Å². The monoisotopic (exact) mass is 311 g/mol. The van der Waals surface area contributed by atoms with Crippen LogP contribution in [0.1, 0.15) is 60.3 Å². The van der Waals surface area contributed by atoms with E-state index in [4.69, 9.17) is 0 Å². The van der Waals surface area contributed by atoms with Crippen molar-refractivity contribution in [2.45, 2.75) is 58.4 Å². The van der Waals surface area contributed by atoms with Crippen LogP contribution in [0.3, 0.4) is 0 Å². The van der Waals surface area contributed by atoms with Crippen molar-refractivity contribution in [2.24, 2.45) is 0 Å². The standard InChI is InChI=1S/C19H25N3O/c1-14-18(19(23)20-16-10-6-3-4-7-11-16)15(2)22(21-14)17-12-8-5-9-13-17/h5,8-9,12-13,16H,3-4,6-7,10-11H2,1-2H3,(H,20,23). The third-order valence-corrected chi connectivity index (χ3v) is 4.71. The second kappa shape index (κ2) is 6.99. The highest BCUT2D eigenvalue weighted by Crippen LogP contribution is 2.20. The van der Waals surface area contributed by atoms with Crippen molar-refractivity contribution in [3.05, 3.63) is 47.3 Å². The van der Waals surface area contributed by atoms with Gasteiger partial charge in [0.1, 0.15) is 0 Å². The number of nitrogens with zero attached hydrogens (tertiary/aromatic N) is 2. The average Bonchev–Trinajstić information content (AvgIpc) is 2.72. The van der Waals surface area contributed by atoms with Gasteiger partial charge in [-0.1, -0.05) is 43.9 Å². The topological polar surface area (TPSA) is 46.9 Å². The van der Waals surface area contributed by atoms with Gasteiger partial charge in [-0.25, -0.2) is 4.68 Å². The fourth-order valence-corrected chi connectivity index (χ4v) is 3.47. The van der Waals surface area contributed by atoms with Crippen LogP contribution in [0.15, 0.2) is 30.3 Å². The lowest BCUT2D eigenvalue weighted by atomic mass is 10.1. The second-order valence-corrected chi connectivity index (χ2v) is 6.46. The number of benzene rings is 1. The molecule has 1 aliphatic rings. The SMILES string of the molecule is Cc1nn(-c2ccccc2)c(C)c1C(=O)NC1CCCCCC1. The number of rotatable bonds is 3. The number of hydrogen-bond donors (Lipinski definition) is 1. The minimum absolute atomic E-state index is 0.0223. The Morgan fingerprint density at radius 2 is 1.74 bits per heavy atom. The number of nitrogens with one attached hydrogen (secondary N) is 1. The van der Waals surface area contributed by atoms with Crippen molar-refractivity contribution < 1.29 is 4.79 Å². The first-order valence-corrected chi connectivity index (χ1v) is 8.59. The van der Waals surface area contributed by atoms with Crippen molar-refractivity contribution in [3.63, 3.8) is 0 Å². The van der Waals surface area contributed by atoms with Crippen LogP contribution in [-0.4, -0.2) is 21.7 Å². The zero-order valence-electron chi connectivity index (χ0n) is 14.0. The predicted molar refractivity (Wildman–Crippen MR) is 92.0 cm³/mol.